The van der Waals surface area contributed by atoms with Crippen molar-refractivity contribution in [3.8, 4) is 11.1 Å². The maximum Gasteiger partial charge on any atom is 0.320 e. The molecule has 26 heavy (non-hydrogen) atoms. The summed E-state index contributed by atoms with van der Waals surface area (Å²) in [6.45, 7) is 5.28. The van der Waals surface area contributed by atoms with E-state index in [4.69, 9.17) is 4.74 Å². The summed E-state index contributed by atoms with van der Waals surface area (Å²) in [5, 5.41) is 3.39. The van der Waals surface area contributed by atoms with Gasteiger partial charge in [0.1, 0.15) is 5.41 Å². The quantitative estimate of drug-likeness (QED) is 0.842. The SMILES string of the molecule is COC(=O)C1(CCCN2CCNCC2)c2ccccc2-c2ccccc21. The van der Waals surface area contributed by atoms with Crippen molar-refractivity contribution in [3.63, 3.8) is 0 Å². The molecule has 2 aliphatic rings. The number of rotatable bonds is 5. The number of fused-ring (bicyclic) bond motifs is 3. The minimum absolute atomic E-state index is 0.143. The molecular weight excluding hydrogens is 324 g/mol. The summed E-state index contributed by atoms with van der Waals surface area (Å²) in [4.78, 5) is 15.6. The summed E-state index contributed by atoms with van der Waals surface area (Å²) in [5.74, 6) is -0.143. The van der Waals surface area contributed by atoms with E-state index in [1.165, 1.54) is 7.11 Å². The van der Waals surface area contributed by atoms with Crippen molar-refractivity contribution in [1.82, 2.24) is 10.2 Å². The Labute approximate surface area is 155 Å². The fraction of sp³-hybridized carbons (Fsp3) is 0.409. The van der Waals surface area contributed by atoms with Gasteiger partial charge in [0, 0.05) is 26.2 Å². The summed E-state index contributed by atoms with van der Waals surface area (Å²) in [6, 6.07) is 16.6. The van der Waals surface area contributed by atoms with Gasteiger partial charge in [0.2, 0.25) is 0 Å². The number of piperazine rings is 1. The van der Waals surface area contributed by atoms with Gasteiger partial charge in [-0.2, -0.15) is 0 Å². The molecule has 0 amide bonds. The van der Waals surface area contributed by atoms with Gasteiger partial charge >= 0.3 is 5.97 Å². The van der Waals surface area contributed by atoms with Gasteiger partial charge in [-0.3, -0.25) is 4.79 Å². The first-order chi connectivity index (χ1) is 12.8. The van der Waals surface area contributed by atoms with E-state index in [0.717, 1.165) is 67.8 Å². The fourth-order valence-corrected chi connectivity index (χ4v) is 4.59. The van der Waals surface area contributed by atoms with Crippen LogP contribution in [0.3, 0.4) is 0 Å². The van der Waals surface area contributed by atoms with Crippen LogP contribution in [0, 0.1) is 0 Å². The highest BCUT2D eigenvalue weighted by atomic mass is 16.5. The molecule has 0 atom stereocenters. The van der Waals surface area contributed by atoms with Crippen molar-refractivity contribution in [2.75, 3.05) is 39.8 Å². The summed E-state index contributed by atoms with van der Waals surface area (Å²) < 4.78 is 5.33. The average molecular weight is 350 g/mol. The Morgan fingerprint density at radius 3 is 2.19 bits per heavy atom. The van der Waals surface area contributed by atoms with Gasteiger partial charge in [0.15, 0.2) is 0 Å². The van der Waals surface area contributed by atoms with Crippen LogP contribution in [0.25, 0.3) is 11.1 Å². The number of nitrogens with one attached hydrogen (secondary N) is 1. The molecule has 0 bridgehead atoms. The van der Waals surface area contributed by atoms with Gasteiger partial charge in [-0.05, 0) is 41.6 Å². The maximum absolute atomic E-state index is 13.1. The molecule has 1 fully saturated rings. The normalized spacial score (nSPS) is 18.2. The Balaban J connectivity index is 1.69. The van der Waals surface area contributed by atoms with Crippen LogP contribution in [0.4, 0.5) is 0 Å². The molecule has 0 spiro atoms. The smallest absolute Gasteiger partial charge is 0.320 e. The van der Waals surface area contributed by atoms with E-state index >= 15 is 0 Å². The highest BCUT2D eigenvalue weighted by molar-refractivity contribution is 5.97. The lowest BCUT2D eigenvalue weighted by atomic mass is 9.74. The van der Waals surface area contributed by atoms with E-state index in [1.807, 2.05) is 24.3 Å². The van der Waals surface area contributed by atoms with Crippen LogP contribution in [0.1, 0.15) is 24.0 Å². The molecule has 1 aliphatic heterocycles. The Morgan fingerprint density at radius 2 is 1.62 bits per heavy atom. The number of carbonyl (C=O) groups excluding carboxylic acids is 1. The van der Waals surface area contributed by atoms with E-state index in [-0.39, 0.29) is 5.97 Å². The molecular formula is C22H26N2O2. The molecule has 1 aliphatic carbocycles. The summed E-state index contributed by atoms with van der Waals surface area (Å²) in [7, 11) is 1.50. The maximum atomic E-state index is 13.1. The van der Waals surface area contributed by atoms with Crippen LogP contribution in [-0.2, 0) is 14.9 Å². The molecule has 136 valence electrons. The van der Waals surface area contributed by atoms with Crippen molar-refractivity contribution >= 4 is 5.97 Å². The Hall–Kier alpha value is -2.17. The molecule has 0 aromatic heterocycles. The van der Waals surface area contributed by atoms with Gasteiger partial charge in [0.05, 0.1) is 7.11 Å². The van der Waals surface area contributed by atoms with Crippen LogP contribution in [0.5, 0.6) is 0 Å². The molecule has 0 radical (unpaired) electrons. The number of ether oxygens (including phenoxy) is 1. The molecule has 0 unspecified atom stereocenters. The van der Waals surface area contributed by atoms with Crippen molar-refractivity contribution in [2.24, 2.45) is 0 Å². The van der Waals surface area contributed by atoms with Gasteiger partial charge in [-0.15, -0.1) is 0 Å². The molecule has 2 aromatic carbocycles. The highest BCUT2D eigenvalue weighted by Crippen LogP contribution is 2.51. The third-order valence-corrected chi connectivity index (χ3v) is 5.83. The second kappa shape index (κ2) is 7.22. The van der Waals surface area contributed by atoms with Crippen molar-refractivity contribution in [3.05, 3.63) is 59.7 Å². The van der Waals surface area contributed by atoms with Crippen LogP contribution in [0.2, 0.25) is 0 Å². The second-order valence-corrected chi connectivity index (χ2v) is 7.18. The van der Waals surface area contributed by atoms with Crippen LogP contribution >= 0.6 is 0 Å². The molecule has 2 aromatic rings. The predicted octanol–water partition coefficient (Wildman–Crippen LogP) is 2.81. The third-order valence-electron chi connectivity index (χ3n) is 5.83. The number of carbonyl (C=O) groups is 1. The highest BCUT2D eigenvalue weighted by Gasteiger charge is 2.49. The first-order valence-electron chi connectivity index (χ1n) is 9.48. The van der Waals surface area contributed by atoms with Crippen LogP contribution < -0.4 is 5.32 Å². The Bertz CT molecular complexity index is 751. The monoisotopic (exact) mass is 350 g/mol. The number of esters is 1. The molecule has 0 saturated carbocycles. The number of benzene rings is 2. The zero-order valence-corrected chi connectivity index (χ0v) is 15.3. The second-order valence-electron chi connectivity index (χ2n) is 7.18. The van der Waals surface area contributed by atoms with Gasteiger partial charge in [0.25, 0.3) is 0 Å². The van der Waals surface area contributed by atoms with Crippen molar-refractivity contribution in [1.29, 1.82) is 0 Å². The minimum Gasteiger partial charge on any atom is -0.468 e. The first-order valence-corrected chi connectivity index (χ1v) is 9.48. The third kappa shape index (κ3) is 2.74. The lowest BCUT2D eigenvalue weighted by molar-refractivity contribution is -0.146. The standard InChI is InChI=1S/C22H26N2O2/c1-26-21(25)22(11-6-14-24-15-12-23-13-16-24)19-9-4-2-7-17(19)18-8-3-5-10-20(18)22/h2-5,7-10,23H,6,11-16H2,1H3. The van der Waals surface area contributed by atoms with Gasteiger partial charge in [-0.25, -0.2) is 0 Å². The number of hydrogen-bond acceptors (Lipinski definition) is 4. The van der Waals surface area contributed by atoms with Crippen molar-refractivity contribution < 1.29 is 9.53 Å². The van der Waals surface area contributed by atoms with Gasteiger partial charge < -0.3 is 15.0 Å². The van der Waals surface area contributed by atoms with E-state index in [0.29, 0.717) is 0 Å². The minimum atomic E-state index is -0.685. The average Bonchev–Trinajstić information content (AvgIpc) is 3.00. The van der Waals surface area contributed by atoms with Crippen molar-refractivity contribution in [2.45, 2.75) is 18.3 Å². The zero-order valence-electron chi connectivity index (χ0n) is 15.3. The largest absolute Gasteiger partial charge is 0.468 e. The Morgan fingerprint density at radius 1 is 1.04 bits per heavy atom. The number of methoxy groups -OCH3 is 1. The number of hydrogen-bond donors (Lipinski definition) is 1. The van der Waals surface area contributed by atoms with Gasteiger partial charge in [-0.1, -0.05) is 48.5 Å². The van der Waals surface area contributed by atoms with Crippen LogP contribution in [0.15, 0.2) is 48.5 Å². The zero-order chi connectivity index (χ0) is 18.0. The topological polar surface area (TPSA) is 41.6 Å². The number of nitrogens with zero attached hydrogens (tertiary/aromatic N) is 1. The van der Waals surface area contributed by atoms with E-state index < -0.39 is 5.41 Å². The molecule has 1 N–H and O–H groups in total. The lowest BCUT2D eigenvalue weighted by Crippen LogP contribution is -2.44. The van der Waals surface area contributed by atoms with E-state index in [2.05, 4.69) is 34.5 Å². The summed E-state index contributed by atoms with van der Waals surface area (Å²) in [5.41, 5.74) is 3.82. The molecule has 1 saturated heterocycles. The summed E-state index contributed by atoms with van der Waals surface area (Å²) in [6.07, 6.45) is 1.75. The predicted molar refractivity (Wildman–Crippen MR) is 103 cm³/mol. The Kier molecular flexibility index (Phi) is 4.79. The molecule has 4 heteroatoms. The molecule has 4 nitrogen and oxygen atoms in total. The van der Waals surface area contributed by atoms with E-state index in [1.54, 1.807) is 0 Å². The van der Waals surface area contributed by atoms with Crippen LogP contribution in [-0.4, -0.2) is 50.7 Å². The first kappa shape index (κ1) is 17.3. The lowest BCUT2D eigenvalue weighted by Gasteiger charge is -2.31. The molecule has 4 rings (SSSR count). The molecule has 1 heterocycles. The fourth-order valence-electron chi connectivity index (χ4n) is 4.59. The van der Waals surface area contributed by atoms with E-state index in [9.17, 15) is 4.79 Å². The summed E-state index contributed by atoms with van der Waals surface area (Å²) >= 11 is 0.